The summed E-state index contributed by atoms with van der Waals surface area (Å²) in [5, 5.41) is 2.75. The molecule has 0 fully saturated rings. The van der Waals surface area contributed by atoms with Crippen LogP contribution in [0.15, 0.2) is 23.4 Å². The van der Waals surface area contributed by atoms with Crippen molar-refractivity contribution in [1.29, 1.82) is 0 Å². The lowest BCUT2D eigenvalue weighted by molar-refractivity contribution is -0.122. The summed E-state index contributed by atoms with van der Waals surface area (Å²) >= 11 is 0. The highest BCUT2D eigenvalue weighted by Gasteiger charge is 2.19. The molecule has 0 spiro atoms. The van der Waals surface area contributed by atoms with E-state index in [1.54, 1.807) is 0 Å². The smallest absolute Gasteiger partial charge is 0.244 e. The average molecular weight is 315 g/mol. The quantitative estimate of drug-likeness (QED) is 0.431. The molecule has 0 radical (unpaired) electrons. The molecule has 21 heavy (non-hydrogen) atoms. The molecule has 1 aromatic heterocycles. The van der Waals surface area contributed by atoms with Crippen molar-refractivity contribution < 1.29 is 13.2 Å². The SMILES string of the molecule is CC(C)(C)NC(=O)CCNS(=O)(=O)c1cnccc1NN. The second-order valence-electron chi connectivity index (χ2n) is 5.46. The average Bonchev–Trinajstić information content (AvgIpc) is 2.36. The van der Waals surface area contributed by atoms with Gasteiger partial charge in [0.15, 0.2) is 0 Å². The molecule has 0 aliphatic heterocycles. The van der Waals surface area contributed by atoms with E-state index in [-0.39, 0.29) is 35.0 Å². The first-order chi connectivity index (χ1) is 9.65. The fourth-order valence-electron chi connectivity index (χ4n) is 1.57. The Labute approximate surface area is 124 Å². The molecule has 118 valence electrons. The second-order valence-corrected chi connectivity index (χ2v) is 7.20. The molecule has 1 amide bonds. The summed E-state index contributed by atoms with van der Waals surface area (Å²) in [7, 11) is -3.78. The van der Waals surface area contributed by atoms with Crippen LogP contribution in [0.1, 0.15) is 27.2 Å². The molecule has 0 aliphatic rings. The van der Waals surface area contributed by atoms with Gasteiger partial charge in [-0.25, -0.2) is 13.1 Å². The third-order valence-corrected chi connectivity index (χ3v) is 3.88. The molecule has 0 bridgehead atoms. The van der Waals surface area contributed by atoms with Crippen LogP contribution in [0, 0.1) is 0 Å². The van der Waals surface area contributed by atoms with Crippen LogP contribution in [-0.4, -0.2) is 31.4 Å². The number of rotatable bonds is 6. The number of nitrogens with zero attached hydrogens (tertiary/aromatic N) is 1. The van der Waals surface area contributed by atoms with E-state index in [0.29, 0.717) is 0 Å². The topological polar surface area (TPSA) is 126 Å². The number of hydrazine groups is 1. The standard InChI is InChI=1S/C12H21N5O3S/c1-12(2,3)16-11(18)5-7-15-21(19,20)10-8-14-6-4-9(10)17-13/h4,6,8,15H,5,7,13H2,1-3H3,(H,14,17)(H,16,18). The number of nitrogens with two attached hydrogens (primary N) is 1. The number of carbonyl (C=O) groups is 1. The third kappa shape index (κ3) is 5.66. The van der Waals surface area contributed by atoms with Gasteiger partial charge < -0.3 is 10.7 Å². The molecule has 1 aromatic rings. The largest absolute Gasteiger partial charge is 0.351 e. The van der Waals surface area contributed by atoms with Crippen molar-refractivity contribution in [1.82, 2.24) is 15.0 Å². The minimum atomic E-state index is -3.78. The number of amides is 1. The van der Waals surface area contributed by atoms with Gasteiger partial charge in [0.05, 0.1) is 5.69 Å². The Morgan fingerprint density at radius 1 is 1.38 bits per heavy atom. The summed E-state index contributed by atoms with van der Waals surface area (Å²) < 4.78 is 26.5. The Morgan fingerprint density at radius 3 is 2.62 bits per heavy atom. The van der Waals surface area contributed by atoms with Crippen LogP contribution in [0.2, 0.25) is 0 Å². The van der Waals surface area contributed by atoms with Crippen LogP contribution in [0.4, 0.5) is 5.69 Å². The van der Waals surface area contributed by atoms with Gasteiger partial charge in [0.25, 0.3) is 0 Å². The first kappa shape index (κ1) is 17.3. The van der Waals surface area contributed by atoms with Crippen LogP contribution in [-0.2, 0) is 14.8 Å². The fraction of sp³-hybridized carbons (Fsp3) is 0.500. The highest BCUT2D eigenvalue weighted by molar-refractivity contribution is 7.89. The monoisotopic (exact) mass is 315 g/mol. The summed E-state index contributed by atoms with van der Waals surface area (Å²) in [5.41, 5.74) is 2.18. The number of anilines is 1. The molecule has 5 N–H and O–H groups in total. The first-order valence-electron chi connectivity index (χ1n) is 6.37. The predicted molar refractivity (Wildman–Crippen MR) is 79.7 cm³/mol. The number of aromatic nitrogens is 1. The fourth-order valence-corrected chi connectivity index (χ4v) is 2.71. The Morgan fingerprint density at radius 2 is 2.05 bits per heavy atom. The lowest BCUT2D eigenvalue weighted by Gasteiger charge is -2.20. The van der Waals surface area contributed by atoms with Crippen molar-refractivity contribution in [2.24, 2.45) is 5.84 Å². The minimum Gasteiger partial charge on any atom is -0.351 e. The van der Waals surface area contributed by atoms with E-state index in [9.17, 15) is 13.2 Å². The van der Waals surface area contributed by atoms with Gasteiger partial charge in [-0.15, -0.1) is 0 Å². The number of hydrogen-bond acceptors (Lipinski definition) is 6. The van der Waals surface area contributed by atoms with Crippen molar-refractivity contribution >= 4 is 21.6 Å². The van der Waals surface area contributed by atoms with E-state index >= 15 is 0 Å². The number of nitrogen functional groups attached to an aromatic ring is 1. The van der Waals surface area contributed by atoms with E-state index in [1.807, 2.05) is 20.8 Å². The summed E-state index contributed by atoms with van der Waals surface area (Å²) in [6.07, 6.45) is 2.65. The highest BCUT2D eigenvalue weighted by atomic mass is 32.2. The Hall–Kier alpha value is -1.71. The molecule has 1 heterocycles. The summed E-state index contributed by atoms with van der Waals surface area (Å²) in [4.78, 5) is 15.3. The molecule has 0 saturated heterocycles. The lowest BCUT2D eigenvalue weighted by atomic mass is 10.1. The van der Waals surface area contributed by atoms with Gasteiger partial charge in [-0.1, -0.05) is 0 Å². The van der Waals surface area contributed by atoms with E-state index in [0.717, 1.165) is 0 Å². The van der Waals surface area contributed by atoms with Gasteiger partial charge in [-0.2, -0.15) is 0 Å². The molecular formula is C12H21N5O3S. The zero-order chi connectivity index (χ0) is 16.1. The van der Waals surface area contributed by atoms with Gasteiger partial charge in [0, 0.05) is 30.9 Å². The predicted octanol–water partition coefficient (Wildman–Crippen LogP) is -0.0497. The molecule has 0 aliphatic carbocycles. The Kier molecular flexibility index (Phi) is 5.64. The number of sulfonamides is 1. The van der Waals surface area contributed by atoms with Gasteiger partial charge in [0.2, 0.25) is 15.9 Å². The van der Waals surface area contributed by atoms with E-state index < -0.39 is 10.0 Å². The second kappa shape index (κ2) is 6.83. The lowest BCUT2D eigenvalue weighted by Crippen LogP contribution is -2.42. The number of carbonyl (C=O) groups excluding carboxylic acids is 1. The summed E-state index contributed by atoms with van der Waals surface area (Å²) in [6, 6.07) is 1.45. The Balaban J connectivity index is 2.64. The zero-order valence-electron chi connectivity index (χ0n) is 12.3. The highest BCUT2D eigenvalue weighted by Crippen LogP contribution is 2.17. The van der Waals surface area contributed by atoms with Crippen LogP contribution >= 0.6 is 0 Å². The molecule has 8 nitrogen and oxygen atoms in total. The van der Waals surface area contributed by atoms with Gasteiger partial charge in [-0.05, 0) is 26.8 Å². The van der Waals surface area contributed by atoms with Crippen LogP contribution in [0.5, 0.6) is 0 Å². The zero-order valence-corrected chi connectivity index (χ0v) is 13.1. The van der Waals surface area contributed by atoms with Crippen LogP contribution in [0.25, 0.3) is 0 Å². The summed E-state index contributed by atoms with van der Waals surface area (Å²) in [6.45, 7) is 5.54. The maximum Gasteiger partial charge on any atom is 0.244 e. The van der Waals surface area contributed by atoms with Crippen molar-refractivity contribution in [3.05, 3.63) is 18.5 Å². The van der Waals surface area contributed by atoms with Crippen molar-refractivity contribution in [2.75, 3.05) is 12.0 Å². The van der Waals surface area contributed by atoms with E-state index in [4.69, 9.17) is 5.84 Å². The normalized spacial score (nSPS) is 12.0. The first-order valence-corrected chi connectivity index (χ1v) is 7.85. The third-order valence-electron chi connectivity index (χ3n) is 2.39. The van der Waals surface area contributed by atoms with Crippen LogP contribution in [0.3, 0.4) is 0 Å². The molecule has 0 saturated carbocycles. The maximum atomic E-state index is 12.1. The van der Waals surface area contributed by atoms with Crippen molar-refractivity contribution in [3.8, 4) is 0 Å². The molecule has 0 aromatic carbocycles. The van der Waals surface area contributed by atoms with Gasteiger partial charge >= 0.3 is 0 Å². The molecule has 0 atom stereocenters. The van der Waals surface area contributed by atoms with E-state index in [2.05, 4.69) is 20.4 Å². The number of hydrogen-bond donors (Lipinski definition) is 4. The maximum absolute atomic E-state index is 12.1. The molecular weight excluding hydrogens is 294 g/mol. The van der Waals surface area contributed by atoms with Gasteiger partial charge in [-0.3, -0.25) is 15.6 Å². The molecule has 9 heteroatoms. The minimum absolute atomic E-state index is 0.0108. The van der Waals surface area contributed by atoms with Crippen molar-refractivity contribution in [2.45, 2.75) is 37.6 Å². The summed E-state index contributed by atoms with van der Waals surface area (Å²) in [5.74, 6) is 5.03. The van der Waals surface area contributed by atoms with Crippen molar-refractivity contribution in [3.63, 3.8) is 0 Å². The van der Waals surface area contributed by atoms with Crippen LogP contribution < -0.4 is 21.3 Å². The molecule has 0 unspecified atom stereocenters. The number of pyridine rings is 1. The van der Waals surface area contributed by atoms with Gasteiger partial charge in [0.1, 0.15) is 4.90 Å². The number of nitrogens with one attached hydrogen (secondary N) is 3. The molecule has 1 rings (SSSR count). The van der Waals surface area contributed by atoms with E-state index in [1.165, 1.54) is 18.5 Å². The Bertz CT molecular complexity index is 595.